The van der Waals surface area contributed by atoms with Gasteiger partial charge in [-0.3, -0.25) is 4.79 Å². The standard InChI is InChI=1S/C19H21F2NO4/c1-4-22(12-13-5-8-15(24-2)9-6-13)18(23)14-7-10-16(25-3)17(11-14)26-19(20)21/h5-11,19H,4,12H2,1-3H3. The van der Waals surface area contributed by atoms with Gasteiger partial charge in [-0.15, -0.1) is 0 Å². The number of carbonyl (C=O) groups excluding carboxylic acids is 1. The van der Waals surface area contributed by atoms with Gasteiger partial charge < -0.3 is 19.1 Å². The van der Waals surface area contributed by atoms with E-state index in [1.807, 2.05) is 31.2 Å². The summed E-state index contributed by atoms with van der Waals surface area (Å²) in [6, 6.07) is 11.6. The molecule has 0 aromatic heterocycles. The van der Waals surface area contributed by atoms with Crippen molar-refractivity contribution in [1.82, 2.24) is 4.90 Å². The third kappa shape index (κ3) is 4.84. The van der Waals surface area contributed by atoms with Gasteiger partial charge in [-0.25, -0.2) is 0 Å². The molecule has 7 heteroatoms. The number of hydrogen-bond acceptors (Lipinski definition) is 4. The van der Waals surface area contributed by atoms with Crippen molar-refractivity contribution in [3.8, 4) is 17.2 Å². The first-order valence-corrected chi connectivity index (χ1v) is 8.03. The van der Waals surface area contributed by atoms with E-state index in [2.05, 4.69) is 4.74 Å². The molecule has 0 aliphatic carbocycles. The summed E-state index contributed by atoms with van der Waals surface area (Å²) in [7, 11) is 2.93. The van der Waals surface area contributed by atoms with E-state index in [1.54, 1.807) is 12.0 Å². The number of carbonyl (C=O) groups is 1. The minimum absolute atomic E-state index is 0.139. The molecular formula is C19H21F2NO4. The molecule has 2 aromatic carbocycles. The molecule has 140 valence electrons. The van der Waals surface area contributed by atoms with Crippen molar-refractivity contribution >= 4 is 5.91 Å². The molecule has 0 radical (unpaired) electrons. The van der Waals surface area contributed by atoms with Crippen LogP contribution in [-0.4, -0.2) is 38.2 Å². The predicted molar refractivity (Wildman–Crippen MR) is 93.0 cm³/mol. The van der Waals surface area contributed by atoms with Crippen molar-refractivity contribution < 1.29 is 27.8 Å². The molecule has 0 saturated heterocycles. The molecule has 0 fully saturated rings. The first kappa shape index (κ1) is 19.5. The van der Waals surface area contributed by atoms with Crippen molar-refractivity contribution in [2.75, 3.05) is 20.8 Å². The number of amides is 1. The van der Waals surface area contributed by atoms with E-state index in [9.17, 15) is 13.6 Å². The Morgan fingerprint density at radius 2 is 1.73 bits per heavy atom. The van der Waals surface area contributed by atoms with E-state index < -0.39 is 6.61 Å². The van der Waals surface area contributed by atoms with Crippen LogP contribution >= 0.6 is 0 Å². The molecule has 0 aliphatic heterocycles. The summed E-state index contributed by atoms with van der Waals surface area (Å²) in [5, 5.41) is 0. The Bertz CT molecular complexity index is 735. The fraction of sp³-hybridized carbons (Fsp3) is 0.316. The van der Waals surface area contributed by atoms with Gasteiger partial charge in [0.25, 0.3) is 5.91 Å². The topological polar surface area (TPSA) is 48.0 Å². The van der Waals surface area contributed by atoms with Gasteiger partial charge in [0.05, 0.1) is 14.2 Å². The van der Waals surface area contributed by atoms with Crippen molar-refractivity contribution in [3.63, 3.8) is 0 Å². The van der Waals surface area contributed by atoms with Crippen molar-refractivity contribution in [1.29, 1.82) is 0 Å². The molecule has 0 saturated carbocycles. The Morgan fingerprint density at radius 3 is 2.27 bits per heavy atom. The Labute approximate surface area is 151 Å². The smallest absolute Gasteiger partial charge is 0.387 e. The fourth-order valence-electron chi connectivity index (χ4n) is 2.46. The molecular weight excluding hydrogens is 344 g/mol. The highest BCUT2D eigenvalue weighted by Gasteiger charge is 2.18. The molecule has 0 atom stereocenters. The minimum atomic E-state index is -3.00. The number of alkyl halides is 2. The Kier molecular flexibility index (Phi) is 6.77. The first-order chi connectivity index (χ1) is 12.5. The molecule has 2 rings (SSSR count). The summed E-state index contributed by atoms with van der Waals surface area (Å²) in [5.41, 5.74) is 1.18. The maximum atomic E-state index is 12.8. The lowest BCUT2D eigenvalue weighted by atomic mass is 10.1. The number of halogens is 2. The van der Waals surface area contributed by atoms with Crippen molar-refractivity contribution in [2.24, 2.45) is 0 Å². The van der Waals surface area contributed by atoms with Crippen LogP contribution in [0.4, 0.5) is 8.78 Å². The molecule has 0 heterocycles. The Balaban J connectivity index is 2.20. The maximum Gasteiger partial charge on any atom is 0.387 e. The molecule has 26 heavy (non-hydrogen) atoms. The van der Waals surface area contributed by atoms with Crippen LogP contribution < -0.4 is 14.2 Å². The minimum Gasteiger partial charge on any atom is -0.497 e. The van der Waals surface area contributed by atoms with Gasteiger partial charge in [0.2, 0.25) is 0 Å². The largest absolute Gasteiger partial charge is 0.497 e. The summed E-state index contributed by atoms with van der Waals surface area (Å²) in [4.78, 5) is 14.4. The highest BCUT2D eigenvalue weighted by atomic mass is 19.3. The van der Waals surface area contributed by atoms with Crippen molar-refractivity contribution in [3.05, 3.63) is 53.6 Å². The zero-order chi connectivity index (χ0) is 19.1. The van der Waals surface area contributed by atoms with Gasteiger partial charge in [-0.2, -0.15) is 8.78 Å². The summed E-state index contributed by atoms with van der Waals surface area (Å²) < 4.78 is 39.7. The van der Waals surface area contributed by atoms with Gasteiger partial charge in [-0.05, 0) is 42.8 Å². The van der Waals surface area contributed by atoms with Gasteiger partial charge in [0, 0.05) is 18.7 Å². The predicted octanol–water partition coefficient (Wildman–Crippen LogP) is 3.97. The maximum absolute atomic E-state index is 12.8. The van der Waals surface area contributed by atoms with Gasteiger partial charge in [0.1, 0.15) is 5.75 Å². The van der Waals surface area contributed by atoms with E-state index in [1.165, 1.54) is 25.3 Å². The number of nitrogens with zero attached hydrogens (tertiary/aromatic N) is 1. The van der Waals surface area contributed by atoms with Crippen molar-refractivity contribution in [2.45, 2.75) is 20.1 Å². The summed E-state index contributed by atoms with van der Waals surface area (Å²) >= 11 is 0. The number of ether oxygens (including phenoxy) is 3. The second kappa shape index (κ2) is 9.03. The quantitative estimate of drug-likeness (QED) is 0.710. The number of hydrogen-bond donors (Lipinski definition) is 0. The van der Waals surface area contributed by atoms with Crippen LogP contribution in [0.15, 0.2) is 42.5 Å². The molecule has 0 spiro atoms. The number of rotatable bonds is 8. The average Bonchev–Trinajstić information content (AvgIpc) is 2.65. The highest BCUT2D eigenvalue weighted by Crippen LogP contribution is 2.30. The molecule has 0 unspecified atom stereocenters. The van der Waals surface area contributed by atoms with Crippen LogP contribution in [0, 0.1) is 0 Å². The Hall–Kier alpha value is -2.83. The molecule has 0 N–H and O–H groups in total. The second-order valence-corrected chi connectivity index (χ2v) is 5.41. The van der Waals surface area contributed by atoms with Crippen LogP contribution in [0.25, 0.3) is 0 Å². The third-order valence-corrected chi connectivity index (χ3v) is 3.83. The molecule has 0 aliphatic rings. The Morgan fingerprint density at radius 1 is 1.04 bits per heavy atom. The second-order valence-electron chi connectivity index (χ2n) is 5.41. The first-order valence-electron chi connectivity index (χ1n) is 8.03. The normalized spacial score (nSPS) is 10.5. The van der Waals surface area contributed by atoms with Crippen LogP contribution in [-0.2, 0) is 6.54 Å². The van der Waals surface area contributed by atoms with Crippen LogP contribution in [0.1, 0.15) is 22.8 Å². The number of benzene rings is 2. The molecule has 0 bridgehead atoms. The van der Waals surface area contributed by atoms with E-state index in [-0.39, 0.29) is 23.0 Å². The zero-order valence-corrected chi connectivity index (χ0v) is 14.9. The van der Waals surface area contributed by atoms with Gasteiger partial charge >= 0.3 is 6.61 Å². The summed E-state index contributed by atoms with van der Waals surface area (Å²) in [6.45, 7) is -0.310. The lowest BCUT2D eigenvalue weighted by molar-refractivity contribution is -0.0512. The van der Waals surface area contributed by atoms with E-state index >= 15 is 0 Å². The summed E-state index contributed by atoms with van der Waals surface area (Å²) in [5.74, 6) is 0.408. The zero-order valence-electron chi connectivity index (χ0n) is 14.9. The summed E-state index contributed by atoms with van der Waals surface area (Å²) in [6.07, 6.45) is 0. The van der Waals surface area contributed by atoms with Gasteiger partial charge in [-0.1, -0.05) is 12.1 Å². The van der Waals surface area contributed by atoms with E-state index in [0.717, 1.165) is 11.3 Å². The lowest BCUT2D eigenvalue weighted by Gasteiger charge is -2.22. The average molecular weight is 365 g/mol. The van der Waals surface area contributed by atoms with E-state index in [0.29, 0.717) is 13.1 Å². The molecule has 2 aromatic rings. The SMILES string of the molecule is CCN(Cc1ccc(OC)cc1)C(=O)c1ccc(OC)c(OC(F)F)c1. The third-order valence-electron chi connectivity index (χ3n) is 3.83. The van der Waals surface area contributed by atoms with Crippen LogP contribution in [0.2, 0.25) is 0 Å². The van der Waals surface area contributed by atoms with Gasteiger partial charge in [0.15, 0.2) is 11.5 Å². The monoisotopic (exact) mass is 365 g/mol. The molecule has 1 amide bonds. The fourth-order valence-corrected chi connectivity index (χ4v) is 2.46. The van der Waals surface area contributed by atoms with E-state index in [4.69, 9.17) is 9.47 Å². The molecule has 5 nitrogen and oxygen atoms in total. The van der Waals surface area contributed by atoms with Crippen LogP contribution in [0.3, 0.4) is 0 Å². The number of methoxy groups -OCH3 is 2. The highest BCUT2D eigenvalue weighted by molar-refractivity contribution is 5.94. The van der Waals surface area contributed by atoms with Crippen LogP contribution in [0.5, 0.6) is 17.2 Å². The lowest BCUT2D eigenvalue weighted by Crippen LogP contribution is -2.30.